The monoisotopic (exact) mass is 408 g/mol. The molecule has 2 aromatic rings. The maximum atomic E-state index is 12.5. The van der Waals surface area contributed by atoms with Crippen molar-refractivity contribution in [3.8, 4) is 0 Å². The molecule has 0 amide bonds. The van der Waals surface area contributed by atoms with Crippen LogP contribution >= 0.6 is 11.3 Å². The number of nitrogens with two attached hydrogens (primary N) is 1. The van der Waals surface area contributed by atoms with Crippen LogP contribution < -0.4 is 10.6 Å². The van der Waals surface area contributed by atoms with Gasteiger partial charge in [0.2, 0.25) is 10.0 Å². The van der Waals surface area contributed by atoms with Crippen LogP contribution in [0.1, 0.15) is 5.56 Å². The summed E-state index contributed by atoms with van der Waals surface area (Å²) in [5.41, 5.74) is 6.80. The van der Waals surface area contributed by atoms with Gasteiger partial charge in [-0.3, -0.25) is 0 Å². The topological polar surface area (TPSA) is 95.1 Å². The molecule has 2 heterocycles. The molecule has 1 fully saturated rings. The standard InChI is InChI=1S/C17H24N6O2S2/c1-21(2)27(24,25)15-6-4-3-5-14(15)13-20-16(18)22-8-10-23(11-9-22)17-19-7-12-26-17/h3-7,12H,8-11,13H2,1-2H3,(H2,18,20). The summed E-state index contributed by atoms with van der Waals surface area (Å²) in [4.78, 5) is 13.3. The van der Waals surface area contributed by atoms with Gasteiger partial charge in [0.05, 0.1) is 11.4 Å². The molecular formula is C17H24N6O2S2. The first-order chi connectivity index (χ1) is 12.9. The van der Waals surface area contributed by atoms with Gasteiger partial charge in [0.15, 0.2) is 11.1 Å². The van der Waals surface area contributed by atoms with Gasteiger partial charge in [0.25, 0.3) is 0 Å². The minimum atomic E-state index is -3.52. The first kappa shape index (κ1) is 19.6. The number of nitrogens with zero attached hydrogens (tertiary/aromatic N) is 5. The molecule has 1 aromatic heterocycles. The number of anilines is 1. The van der Waals surface area contributed by atoms with Crippen molar-refractivity contribution in [2.45, 2.75) is 11.4 Å². The fourth-order valence-electron chi connectivity index (χ4n) is 2.85. The minimum Gasteiger partial charge on any atom is -0.370 e. The van der Waals surface area contributed by atoms with Crippen molar-refractivity contribution >= 4 is 32.5 Å². The van der Waals surface area contributed by atoms with Crippen LogP contribution in [0.5, 0.6) is 0 Å². The number of aliphatic imine (C=N–C) groups is 1. The molecule has 0 bridgehead atoms. The summed E-state index contributed by atoms with van der Waals surface area (Å²) in [5, 5.41) is 2.99. The second kappa shape index (κ2) is 8.24. The molecule has 1 aromatic carbocycles. The molecule has 2 N–H and O–H groups in total. The Hall–Kier alpha value is -2.17. The Kier molecular flexibility index (Phi) is 5.98. The Balaban J connectivity index is 1.67. The molecule has 0 atom stereocenters. The number of hydrogen-bond acceptors (Lipinski definition) is 6. The second-order valence-corrected chi connectivity index (χ2v) is 9.35. The molecule has 10 heteroatoms. The van der Waals surface area contributed by atoms with Crippen molar-refractivity contribution in [3.05, 3.63) is 41.4 Å². The van der Waals surface area contributed by atoms with Crippen molar-refractivity contribution in [1.29, 1.82) is 0 Å². The molecule has 0 saturated carbocycles. The van der Waals surface area contributed by atoms with E-state index in [-0.39, 0.29) is 11.4 Å². The van der Waals surface area contributed by atoms with Gasteiger partial charge in [0.1, 0.15) is 0 Å². The zero-order valence-electron chi connectivity index (χ0n) is 15.4. The molecule has 1 saturated heterocycles. The summed E-state index contributed by atoms with van der Waals surface area (Å²) < 4.78 is 26.2. The van der Waals surface area contributed by atoms with Crippen LogP contribution in [-0.2, 0) is 16.6 Å². The molecule has 8 nitrogen and oxygen atoms in total. The van der Waals surface area contributed by atoms with Gasteiger partial charge < -0.3 is 15.5 Å². The van der Waals surface area contributed by atoms with Gasteiger partial charge in [0, 0.05) is 51.9 Å². The maximum absolute atomic E-state index is 12.5. The average Bonchev–Trinajstić information content (AvgIpc) is 3.21. The van der Waals surface area contributed by atoms with Gasteiger partial charge in [-0.05, 0) is 11.6 Å². The van der Waals surface area contributed by atoms with Gasteiger partial charge in [-0.15, -0.1) is 11.3 Å². The van der Waals surface area contributed by atoms with Crippen LogP contribution in [-0.4, -0.2) is 68.8 Å². The molecule has 0 spiro atoms. The number of aromatic nitrogens is 1. The Morgan fingerprint density at radius 2 is 1.96 bits per heavy atom. The fourth-order valence-corrected chi connectivity index (χ4v) is 4.65. The number of rotatable bonds is 5. The number of benzene rings is 1. The van der Waals surface area contributed by atoms with Gasteiger partial charge in [-0.25, -0.2) is 22.7 Å². The maximum Gasteiger partial charge on any atom is 0.242 e. The van der Waals surface area contributed by atoms with Crippen LogP contribution in [0, 0.1) is 0 Å². The third-order valence-corrected chi connectivity index (χ3v) is 7.18. The quantitative estimate of drug-likeness (QED) is 0.587. The highest BCUT2D eigenvalue weighted by Crippen LogP contribution is 2.20. The molecule has 146 valence electrons. The zero-order valence-corrected chi connectivity index (χ0v) is 17.1. The van der Waals surface area contributed by atoms with E-state index in [2.05, 4.69) is 14.9 Å². The number of piperazine rings is 1. The number of thiazole rings is 1. The summed E-state index contributed by atoms with van der Waals surface area (Å²) in [6.07, 6.45) is 1.81. The largest absolute Gasteiger partial charge is 0.370 e. The fraction of sp³-hybridized carbons (Fsp3) is 0.412. The lowest BCUT2D eigenvalue weighted by Crippen LogP contribution is -2.51. The van der Waals surface area contributed by atoms with Crippen molar-refractivity contribution in [3.63, 3.8) is 0 Å². The van der Waals surface area contributed by atoms with E-state index in [0.29, 0.717) is 11.5 Å². The predicted molar refractivity (Wildman–Crippen MR) is 109 cm³/mol. The van der Waals surface area contributed by atoms with Crippen LogP contribution in [0.2, 0.25) is 0 Å². The number of guanidine groups is 1. The molecule has 27 heavy (non-hydrogen) atoms. The summed E-state index contributed by atoms with van der Waals surface area (Å²) in [6.45, 7) is 3.39. The second-order valence-electron chi connectivity index (χ2n) is 6.36. The predicted octanol–water partition coefficient (Wildman–Crippen LogP) is 1.03. The van der Waals surface area contributed by atoms with Crippen LogP contribution in [0.25, 0.3) is 0 Å². The van der Waals surface area contributed by atoms with E-state index in [1.807, 2.05) is 16.3 Å². The SMILES string of the molecule is CN(C)S(=O)(=O)c1ccccc1CN=C(N)N1CCN(c2nccs2)CC1. The lowest BCUT2D eigenvalue weighted by Gasteiger charge is -2.35. The molecule has 1 aliphatic rings. The van der Waals surface area contributed by atoms with E-state index in [1.165, 1.54) is 18.4 Å². The first-order valence-corrected chi connectivity index (χ1v) is 10.9. The van der Waals surface area contributed by atoms with Crippen molar-refractivity contribution in [2.24, 2.45) is 10.7 Å². The molecule has 0 aliphatic carbocycles. The van der Waals surface area contributed by atoms with E-state index in [4.69, 9.17) is 5.73 Å². The summed E-state index contributed by atoms with van der Waals surface area (Å²) in [5.74, 6) is 0.436. The molecule has 1 aliphatic heterocycles. The number of hydrogen-bond donors (Lipinski definition) is 1. The van der Waals surface area contributed by atoms with Gasteiger partial charge in [-0.1, -0.05) is 18.2 Å². The highest BCUT2D eigenvalue weighted by atomic mass is 32.2. The zero-order chi connectivity index (χ0) is 19.4. The summed E-state index contributed by atoms with van der Waals surface area (Å²) >= 11 is 1.63. The van der Waals surface area contributed by atoms with Gasteiger partial charge >= 0.3 is 0 Å². The lowest BCUT2D eigenvalue weighted by molar-refractivity contribution is 0.380. The Labute approximate surface area is 164 Å². The molecule has 0 radical (unpaired) electrons. The Morgan fingerprint density at radius 1 is 1.26 bits per heavy atom. The molecule has 3 rings (SSSR count). The van der Waals surface area contributed by atoms with E-state index in [0.717, 1.165) is 31.3 Å². The third kappa shape index (κ3) is 4.40. The highest BCUT2D eigenvalue weighted by molar-refractivity contribution is 7.89. The average molecular weight is 409 g/mol. The Bertz CT molecular complexity index is 888. The van der Waals surface area contributed by atoms with Crippen LogP contribution in [0.3, 0.4) is 0 Å². The minimum absolute atomic E-state index is 0.224. The van der Waals surface area contributed by atoms with E-state index in [9.17, 15) is 8.42 Å². The normalized spacial score (nSPS) is 16.2. The van der Waals surface area contributed by atoms with E-state index >= 15 is 0 Å². The summed E-state index contributed by atoms with van der Waals surface area (Å²) in [7, 11) is -0.476. The van der Waals surface area contributed by atoms with Gasteiger partial charge in [-0.2, -0.15) is 0 Å². The number of sulfonamides is 1. The smallest absolute Gasteiger partial charge is 0.242 e. The van der Waals surface area contributed by atoms with Crippen molar-refractivity contribution in [2.75, 3.05) is 45.2 Å². The van der Waals surface area contributed by atoms with Crippen LogP contribution in [0.4, 0.5) is 5.13 Å². The highest BCUT2D eigenvalue weighted by Gasteiger charge is 2.22. The van der Waals surface area contributed by atoms with E-state index < -0.39 is 10.0 Å². The lowest BCUT2D eigenvalue weighted by atomic mass is 10.2. The van der Waals surface area contributed by atoms with E-state index in [1.54, 1.807) is 35.7 Å². The molecular weight excluding hydrogens is 384 g/mol. The summed E-state index contributed by atoms with van der Waals surface area (Å²) in [6, 6.07) is 6.89. The third-order valence-electron chi connectivity index (χ3n) is 4.44. The van der Waals surface area contributed by atoms with Crippen LogP contribution in [0.15, 0.2) is 45.7 Å². The molecule has 0 unspecified atom stereocenters. The van der Waals surface area contributed by atoms with Crippen molar-refractivity contribution in [1.82, 2.24) is 14.2 Å². The Morgan fingerprint density at radius 3 is 2.59 bits per heavy atom. The van der Waals surface area contributed by atoms with Crippen molar-refractivity contribution < 1.29 is 8.42 Å². The first-order valence-electron chi connectivity index (χ1n) is 8.59.